The minimum atomic E-state index is -0.690. The van der Waals surface area contributed by atoms with Crippen LogP contribution in [-0.2, 0) is 14.3 Å². The Morgan fingerprint density at radius 1 is 1.26 bits per heavy atom. The standard InChI is InChI=1S/C21H36O6/c1-3-4-7-10-16(22)13-14-19-18(24)15-20(27-19)17(23)11-8-5-6-9-12-21(25)26-2/h5,8,13-14,16-20,22-24H,3-4,6-7,9-12,15H2,1-2H3/b8-5-,14-13+/t16-,17+,18-,19-,20-/m0/s1. The second-order valence-electron chi connectivity index (χ2n) is 7.13. The summed E-state index contributed by atoms with van der Waals surface area (Å²) in [5, 5.41) is 30.3. The monoisotopic (exact) mass is 384 g/mol. The summed E-state index contributed by atoms with van der Waals surface area (Å²) in [7, 11) is 1.38. The predicted octanol–water partition coefficient (Wildman–Crippen LogP) is 2.65. The Hall–Kier alpha value is -1.21. The molecule has 1 rings (SSSR count). The molecule has 0 radical (unpaired) electrons. The van der Waals surface area contributed by atoms with E-state index in [9.17, 15) is 20.1 Å². The molecule has 6 heteroatoms. The van der Waals surface area contributed by atoms with Crippen LogP contribution >= 0.6 is 0 Å². The summed E-state index contributed by atoms with van der Waals surface area (Å²) in [6, 6.07) is 0. The van der Waals surface area contributed by atoms with Crippen LogP contribution in [0.1, 0.15) is 64.7 Å². The molecule has 0 saturated carbocycles. The van der Waals surface area contributed by atoms with Gasteiger partial charge in [-0.25, -0.2) is 0 Å². The number of methoxy groups -OCH3 is 1. The van der Waals surface area contributed by atoms with E-state index in [1.165, 1.54) is 7.11 Å². The number of hydrogen-bond acceptors (Lipinski definition) is 6. The van der Waals surface area contributed by atoms with Crippen molar-refractivity contribution < 1.29 is 29.6 Å². The number of ether oxygens (including phenoxy) is 2. The zero-order chi connectivity index (χ0) is 20.1. The molecule has 6 nitrogen and oxygen atoms in total. The normalized spacial score (nSPS) is 25.3. The highest BCUT2D eigenvalue weighted by Gasteiger charge is 2.35. The van der Waals surface area contributed by atoms with Gasteiger partial charge in [-0.1, -0.05) is 50.5 Å². The van der Waals surface area contributed by atoms with Gasteiger partial charge in [-0.15, -0.1) is 0 Å². The Morgan fingerprint density at radius 2 is 2.04 bits per heavy atom. The first-order chi connectivity index (χ1) is 13.0. The van der Waals surface area contributed by atoms with Crippen LogP contribution in [0.3, 0.4) is 0 Å². The zero-order valence-corrected chi connectivity index (χ0v) is 16.6. The summed E-state index contributed by atoms with van der Waals surface area (Å²) in [5.74, 6) is -0.216. The van der Waals surface area contributed by atoms with Crippen molar-refractivity contribution in [1.82, 2.24) is 0 Å². The molecule has 1 saturated heterocycles. The van der Waals surface area contributed by atoms with E-state index in [1.54, 1.807) is 12.2 Å². The highest BCUT2D eigenvalue weighted by atomic mass is 16.5. The fourth-order valence-corrected chi connectivity index (χ4v) is 3.05. The van der Waals surface area contributed by atoms with Gasteiger partial charge in [-0.05, 0) is 25.7 Å². The number of aliphatic hydroxyl groups is 3. The number of carbonyl (C=O) groups is 1. The molecule has 0 unspecified atom stereocenters. The van der Waals surface area contributed by atoms with Crippen LogP contribution in [0.25, 0.3) is 0 Å². The molecule has 3 N–H and O–H groups in total. The number of carbonyl (C=O) groups excluding carboxylic acids is 1. The maximum absolute atomic E-state index is 11.0. The van der Waals surface area contributed by atoms with Gasteiger partial charge in [0.1, 0.15) is 6.10 Å². The summed E-state index contributed by atoms with van der Waals surface area (Å²) in [6.45, 7) is 2.12. The Balaban J connectivity index is 2.29. The van der Waals surface area contributed by atoms with Crippen LogP contribution in [0.4, 0.5) is 0 Å². The minimum Gasteiger partial charge on any atom is -0.469 e. The smallest absolute Gasteiger partial charge is 0.305 e. The summed E-state index contributed by atoms with van der Waals surface area (Å²) < 4.78 is 10.3. The molecule has 156 valence electrons. The molecular weight excluding hydrogens is 348 g/mol. The van der Waals surface area contributed by atoms with Crippen LogP contribution in [0.15, 0.2) is 24.3 Å². The maximum Gasteiger partial charge on any atom is 0.305 e. The lowest BCUT2D eigenvalue weighted by Crippen LogP contribution is -2.25. The van der Waals surface area contributed by atoms with E-state index in [2.05, 4.69) is 11.7 Å². The summed E-state index contributed by atoms with van der Waals surface area (Å²) in [4.78, 5) is 11.0. The number of rotatable bonds is 13. The van der Waals surface area contributed by atoms with Gasteiger partial charge in [0, 0.05) is 12.8 Å². The topological polar surface area (TPSA) is 96.2 Å². The molecular formula is C21H36O6. The number of aliphatic hydroxyl groups excluding tert-OH is 3. The van der Waals surface area contributed by atoms with Crippen LogP contribution in [0.2, 0.25) is 0 Å². The highest BCUT2D eigenvalue weighted by molar-refractivity contribution is 5.69. The molecule has 0 aromatic rings. The van der Waals surface area contributed by atoms with Crippen molar-refractivity contribution in [3.8, 4) is 0 Å². The van der Waals surface area contributed by atoms with Crippen molar-refractivity contribution in [2.45, 2.75) is 95.2 Å². The molecule has 0 bridgehead atoms. The quantitative estimate of drug-likeness (QED) is 0.257. The fourth-order valence-electron chi connectivity index (χ4n) is 3.05. The lowest BCUT2D eigenvalue weighted by Gasteiger charge is -2.16. The van der Waals surface area contributed by atoms with Gasteiger partial charge in [0.15, 0.2) is 0 Å². The Bertz CT molecular complexity index is 462. The van der Waals surface area contributed by atoms with Gasteiger partial charge < -0.3 is 24.8 Å². The number of allylic oxidation sites excluding steroid dienone is 1. The van der Waals surface area contributed by atoms with E-state index >= 15 is 0 Å². The van der Waals surface area contributed by atoms with Crippen molar-refractivity contribution in [3.63, 3.8) is 0 Å². The maximum atomic E-state index is 11.0. The van der Waals surface area contributed by atoms with Gasteiger partial charge >= 0.3 is 5.97 Å². The molecule has 0 amide bonds. The third-order valence-electron chi connectivity index (χ3n) is 4.76. The first kappa shape index (κ1) is 23.8. The molecule has 1 aliphatic rings. The molecule has 5 atom stereocenters. The summed E-state index contributed by atoms with van der Waals surface area (Å²) >= 11 is 0. The third kappa shape index (κ3) is 10.1. The van der Waals surface area contributed by atoms with Crippen molar-refractivity contribution in [3.05, 3.63) is 24.3 Å². The van der Waals surface area contributed by atoms with Crippen molar-refractivity contribution >= 4 is 5.97 Å². The summed E-state index contributed by atoms with van der Waals surface area (Å²) in [5.41, 5.74) is 0. The molecule has 1 heterocycles. The average molecular weight is 385 g/mol. The largest absolute Gasteiger partial charge is 0.469 e. The van der Waals surface area contributed by atoms with E-state index in [4.69, 9.17) is 4.74 Å². The third-order valence-corrected chi connectivity index (χ3v) is 4.76. The van der Waals surface area contributed by atoms with E-state index in [0.29, 0.717) is 32.1 Å². The Morgan fingerprint density at radius 3 is 2.74 bits per heavy atom. The second kappa shape index (κ2) is 13.9. The lowest BCUT2D eigenvalue weighted by atomic mass is 10.0. The summed E-state index contributed by atoms with van der Waals surface area (Å²) in [6.07, 6.45) is 10.9. The molecule has 27 heavy (non-hydrogen) atoms. The highest BCUT2D eigenvalue weighted by Crippen LogP contribution is 2.25. The molecule has 0 spiro atoms. The van der Waals surface area contributed by atoms with Crippen molar-refractivity contribution in [1.29, 1.82) is 0 Å². The van der Waals surface area contributed by atoms with Crippen LogP contribution in [0, 0.1) is 0 Å². The second-order valence-corrected chi connectivity index (χ2v) is 7.13. The first-order valence-electron chi connectivity index (χ1n) is 10.1. The lowest BCUT2D eigenvalue weighted by molar-refractivity contribution is -0.140. The predicted molar refractivity (Wildman–Crippen MR) is 104 cm³/mol. The number of unbranched alkanes of at least 4 members (excludes halogenated alkanes) is 3. The van der Waals surface area contributed by atoms with E-state index in [1.807, 2.05) is 12.2 Å². The van der Waals surface area contributed by atoms with Gasteiger partial charge in [-0.3, -0.25) is 4.79 Å². The van der Waals surface area contributed by atoms with Crippen LogP contribution in [0.5, 0.6) is 0 Å². The zero-order valence-electron chi connectivity index (χ0n) is 16.6. The number of hydrogen-bond donors (Lipinski definition) is 3. The van der Waals surface area contributed by atoms with E-state index < -0.39 is 30.5 Å². The van der Waals surface area contributed by atoms with Crippen molar-refractivity contribution in [2.24, 2.45) is 0 Å². The van der Waals surface area contributed by atoms with Crippen LogP contribution in [-0.4, -0.2) is 58.9 Å². The van der Waals surface area contributed by atoms with Gasteiger partial charge in [0.05, 0.1) is 31.5 Å². The van der Waals surface area contributed by atoms with Gasteiger partial charge in [0.2, 0.25) is 0 Å². The molecule has 1 fully saturated rings. The van der Waals surface area contributed by atoms with Crippen molar-refractivity contribution in [2.75, 3.05) is 7.11 Å². The fraction of sp³-hybridized carbons (Fsp3) is 0.762. The molecule has 0 aromatic heterocycles. The average Bonchev–Trinajstić information content (AvgIpc) is 3.03. The molecule has 1 aliphatic heterocycles. The first-order valence-corrected chi connectivity index (χ1v) is 10.1. The van der Waals surface area contributed by atoms with Gasteiger partial charge in [-0.2, -0.15) is 0 Å². The van der Waals surface area contributed by atoms with Crippen LogP contribution < -0.4 is 0 Å². The SMILES string of the molecule is CCCCC[C@H](O)/C=C/[C@@H]1O[C@H]([C@H](O)C/C=C\CCCC(=O)OC)C[C@@H]1O. The Labute approximate surface area is 162 Å². The number of esters is 1. The molecule has 0 aromatic carbocycles. The van der Waals surface area contributed by atoms with E-state index in [-0.39, 0.29) is 5.97 Å². The van der Waals surface area contributed by atoms with E-state index in [0.717, 1.165) is 25.7 Å². The Kier molecular flexibility index (Phi) is 12.3. The molecule has 0 aliphatic carbocycles. The minimum absolute atomic E-state index is 0.216. The van der Waals surface area contributed by atoms with Gasteiger partial charge in [0.25, 0.3) is 0 Å².